The topological polar surface area (TPSA) is 76.2 Å². The van der Waals surface area contributed by atoms with Crippen LogP contribution < -0.4 is 14.8 Å². The third-order valence-electron chi connectivity index (χ3n) is 5.76. The van der Waals surface area contributed by atoms with E-state index in [1.165, 1.54) is 12.1 Å². The monoisotopic (exact) mass is 443 g/mol. The molecule has 7 heteroatoms. The van der Waals surface area contributed by atoms with Crippen molar-refractivity contribution in [3.8, 4) is 22.8 Å². The van der Waals surface area contributed by atoms with E-state index in [1.54, 1.807) is 19.2 Å². The molecule has 2 N–H and O–H groups in total. The highest BCUT2D eigenvalue weighted by molar-refractivity contribution is 5.96. The van der Waals surface area contributed by atoms with Crippen LogP contribution in [-0.4, -0.2) is 23.2 Å². The van der Waals surface area contributed by atoms with Gasteiger partial charge in [0.25, 0.3) is 0 Å². The van der Waals surface area contributed by atoms with E-state index in [2.05, 4.69) is 15.5 Å². The zero-order valence-electron chi connectivity index (χ0n) is 18.0. The lowest BCUT2D eigenvalue weighted by Gasteiger charge is -2.24. The van der Waals surface area contributed by atoms with Crippen molar-refractivity contribution in [3.05, 3.63) is 95.3 Å². The second-order valence-electron chi connectivity index (χ2n) is 7.86. The van der Waals surface area contributed by atoms with Crippen molar-refractivity contribution in [2.75, 3.05) is 12.4 Å². The van der Waals surface area contributed by atoms with Gasteiger partial charge in [0, 0.05) is 17.9 Å². The summed E-state index contributed by atoms with van der Waals surface area (Å²) < 4.78 is 24.6. The second kappa shape index (κ2) is 8.78. The molecular formula is C26H22FN3O3. The van der Waals surface area contributed by atoms with Crippen molar-refractivity contribution in [2.45, 2.75) is 18.9 Å². The fourth-order valence-corrected chi connectivity index (χ4v) is 4.13. The number of rotatable bonds is 6. The molecule has 2 heterocycles. The second-order valence-corrected chi connectivity index (χ2v) is 7.86. The molecule has 1 atom stereocenters. The van der Waals surface area contributed by atoms with E-state index >= 15 is 0 Å². The number of methoxy groups -OCH3 is 1. The van der Waals surface area contributed by atoms with Gasteiger partial charge in [-0.25, -0.2) is 4.39 Å². The normalized spacial score (nSPS) is 15.0. The minimum atomic E-state index is -0.286. The number of carbonyl (C=O) groups is 1. The molecule has 1 aromatic heterocycles. The number of nitrogens with zero attached hydrogens (tertiary/aromatic N) is 1. The smallest absolute Gasteiger partial charge is 0.226 e. The fraction of sp³-hybridized carbons (Fsp3) is 0.154. The van der Waals surface area contributed by atoms with Crippen molar-refractivity contribution in [1.82, 2.24) is 10.2 Å². The quantitative estimate of drug-likeness (QED) is 0.425. The predicted octanol–water partition coefficient (Wildman–Crippen LogP) is 5.28. The first-order valence-corrected chi connectivity index (χ1v) is 10.6. The number of ether oxygens (including phenoxy) is 2. The highest BCUT2D eigenvalue weighted by Gasteiger charge is 2.32. The Kier molecular flexibility index (Phi) is 5.52. The lowest BCUT2D eigenvalue weighted by molar-refractivity contribution is -0.116. The molecule has 0 saturated carbocycles. The van der Waals surface area contributed by atoms with Crippen LogP contribution in [0.4, 0.5) is 10.2 Å². The van der Waals surface area contributed by atoms with E-state index in [0.717, 1.165) is 27.9 Å². The molecule has 1 aliphatic rings. The number of hydrogen-bond acceptors (Lipinski definition) is 4. The molecule has 0 saturated heterocycles. The van der Waals surface area contributed by atoms with Crippen LogP contribution in [0, 0.1) is 5.82 Å². The van der Waals surface area contributed by atoms with Crippen LogP contribution in [-0.2, 0) is 11.4 Å². The third-order valence-corrected chi connectivity index (χ3v) is 5.76. The Balaban J connectivity index is 1.47. The molecule has 0 unspecified atom stereocenters. The molecule has 6 nitrogen and oxygen atoms in total. The number of amides is 1. The van der Waals surface area contributed by atoms with E-state index < -0.39 is 0 Å². The van der Waals surface area contributed by atoms with Crippen molar-refractivity contribution in [2.24, 2.45) is 0 Å². The number of anilines is 1. The number of aromatic amines is 1. The summed E-state index contributed by atoms with van der Waals surface area (Å²) in [5.41, 5.74) is 4.60. The Morgan fingerprint density at radius 2 is 1.82 bits per heavy atom. The molecule has 0 bridgehead atoms. The van der Waals surface area contributed by atoms with Gasteiger partial charge in [0.2, 0.25) is 5.91 Å². The summed E-state index contributed by atoms with van der Waals surface area (Å²) in [4.78, 5) is 12.4. The van der Waals surface area contributed by atoms with Crippen LogP contribution >= 0.6 is 0 Å². The van der Waals surface area contributed by atoms with Gasteiger partial charge in [-0.05, 0) is 41.0 Å². The SMILES string of the molecule is COc1cc([C@H]2CC(=O)Nc3n[nH]c(-c4ccccc4)c32)ccc1OCc1ccc(F)cc1. The lowest BCUT2D eigenvalue weighted by Crippen LogP contribution is -2.23. The Bertz CT molecular complexity index is 1290. The van der Waals surface area contributed by atoms with E-state index in [9.17, 15) is 9.18 Å². The number of aromatic nitrogens is 2. The zero-order chi connectivity index (χ0) is 22.8. The van der Waals surface area contributed by atoms with E-state index in [4.69, 9.17) is 9.47 Å². The molecule has 0 fully saturated rings. The maximum absolute atomic E-state index is 13.1. The summed E-state index contributed by atoms with van der Waals surface area (Å²) in [5, 5.41) is 10.3. The van der Waals surface area contributed by atoms with Gasteiger partial charge in [0.1, 0.15) is 12.4 Å². The number of fused-ring (bicyclic) bond motifs is 1. The number of benzene rings is 3. The molecule has 0 radical (unpaired) electrons. The number of H-pyrrole nitrogens is 1. The number of nitrogens with one attached hydrogen (secondary N) is 2. The molecule has 3 aromatic carbocycles. The van der Waals surface area contributed by atoms with Crippen LogP contribution in [0.3, 0.4) is 0 Å². The molecule has 1 aliphatic heterocycles. The van der Waals surface area contributed by atoms with Crippen LogP contribution in [0.2, 0.25) is 0 Å². The fourth-order valence-electron chi connectivity index (χ4n) is 4.13. The van der Waals surface area contributed by atoms with Gasteiger partial charge in [-0.1, -0.05) is 48.5 Å². The zero-order valence-corrected chi connectivity index (χ0v) is 18.0. The van der Waals surface area contributed by atoms with Crippen molar-refractivity contribution < 1.29 is 18.7 Å². The summed E-state index contributed by atoms with van der Waals surface area (Å²) in [7, 11) is 1.58. The van der Waals surface area contributed by atoms with Gasteiger partial charge < -0.3 is 14.8 Å². The van der Waals surface area contributed by atoms with Gasteiger partial charge in [-0.15, -0.1) is 0 Å². The minimum absolute atomic E-state index is 0.0887. The third kappa shape index (κ3) is 4.17. The van der Waals surface area contributed by atoms with Crippen LogP contribution in [0.15, 0.2) is 72.8 Å². The van der Waals surface area contributed by atoms with Crippen LogP contribution in [0.1, 0.15) is 29.0 Å². The molecular weight excluding hydrogens is 421 g/mol. The Morgan fingerprint density at radius 1 is 1.03 bits per heavy atom. The Hall–Kier alpha value is -4.13. The van der Waals surface area contributed by atoms with Crippen molar-refractivity contribution in [3.63, 3.8) is 0 Å². The van der Waals surface area contributed by atoms with Gasteiger partial charge in [-0.2, -0.15) is 5.10 Å². The van der Waals surface area contributed by atoms with E-state index in [-0.39, 0.29) is 24.2 Å². The molecule has 33 heavy (non-hydrogen) atoms. The largest absolute Gasteiger partial charge is 0.493 e. The van der Waals surface area contributed by atoms with Gasteiger partial charge in [0.05, 0.1) is 12.8 Å². The minimum Gasteiger partial charge on any atom is -0.493 e. The first-order chi connectivity index (χ1) is 16.1. The van der Waals surface area contributed by atoms with Crippen LogP contribution in [0.25, 0.3) is 11.3 Å². The number of hydrogen-bond donors (Lipinski definition) is 2. The molecule has 5 rings (SSSR count). The van der Waals surface area contributed by atoms with E-state index in [1.807, 2.05) is 48.5 Å². The first kappa shape index (κ1) is 20.8. The summed E-state index contributed by atoms with van der Waals surface area (Å²) in [5.74, 6) is 1.11. The standard InChI is InChI=1S/C26H22FN3O3/c1-32-22-13-18(9-12-21(22)33-15-16-7-10-19(27)11-8-16)20-14-23(31)28-26-24(20)25(29-30-26)17-5-3-2-4-6-17/h2-13,20H,14-15H2,1H3,(H2,28,29,30,31)/t20-/m1/s1. The maximum Gasteiger partial charge on any atom is 0.226 e. The molecule has 0 aliphatic carbocycles. The summed E-state index contributed by atoms with van der Waals surface area (Å²) in [6, 6.07) is 21.8. The Morgan fingerprint density at radius 3 is 2.58 bits per heavy atom. The van der Waals surface area contributed by atoms with Crippen molar-refractivity contribution in [1.29, 1.82) is 0 Å². The molecule has 0 spiro atoms. The molecule has 1 amide bonds. The van der Waals surface area contributed by atoms with E-state index in [0.29, 0.717) is 23.7 Å². The number of carbonyl (C=O) groups excluding carboxylic acids is 1. The average molecular weight is 443 g/mol. The highest BCUT2D eigenvalue weighted by Crippen LogP contribution is 2.43. The summed E-state index contributed by atoms with van der Waals surface area (Å²) in [6.07, 6.45) is 0.297. The first-order valence-electron chi connectivity index (χ1n) is 10.6. The summed E-state index contributed by atoms with van der Waals surface area (Å²) in [6.45, 7) is 0.284. The number of halogens is 1. The molecule has 166 valence electrons. The molecule has 4 aromatic rings. The van der Waals surface area contributed by atoms with Crippen LogP contribution in [0.5, 0.6) is 11.5 Å². The van der Waals surface area contributed by atoms with Gasteiger partial charge in [-0.3, -0.25) is 9.89 Å². The van der Waals surface area contributed by atoms with Gasteiger partial charge >= 0.3 is 0 Å². The highest BCUT2D eigenvalue weighted by atomic mass is 19.1. The predicted molar refractivity (Wildman–Crippen MR) is 123 cm³/mol. The maximum atomic E-state index is 13.1. The average Bonchev–Trinajstić information content (AvgIpc) is 3.27. The van der Waals surface area contributed by atoms with Crippen molar-refractivity contribution >= 4 is 11.7 Å². The summed E-state index contributed by atoms with van der Waals surface area (Å²) >= 11 is 0. The lowest BCUT2D eigenvalue weighted by atomic mass is 9.84. The van der Waals surface area contributed by atoms with Gasteiger partial charge in [0.15, 0.2) is 17.3 Å². The Labute approximate surface area is 190 Å².